The second kappa shape index (κ2) is 11.1. The number of piperidine rings is 1. The van der Waals surface area contributed by atoms with Gasteiger partial charge in [-0.3, -0.25) is 9.69 Å². The first-order valence-electron chi connectivity index (χ1n) is 15.0. The van der Waals surface area contributed by atoms with Gasteiger partial charge in [0.25, 0.3) is 0 Å². The van der Waals surface area contributed by atoms with E-state index < -0.39 is 5.41 Å². The van der Waals surface area contributed by atoms with Crippen molar-refractivity contribution in [2.45, 2.75) is 51.5 Å². The highest BCUT2D eigenvalue weighted by Gasteiger charge is 2.58. The predicted molar refractivity (Wildman–Crippen MR) is 158 cm³/mol. The van der Waals surface area contributed by atoms with Gasteiger partial charge in [0.15, 0.2) is 0 Å². The molecule has 0 bridgehead atoms. The van der Waals surface area contributed by atoms with Crippen LogP contribution in [0.3, 0.4) is 0 Å². The number of carbonyl (C=O) groups is 1. The highest BCUT2D eigenvalue weighted by Crippen LogP contribution is 2.60. The number of rotatable bonds is 9. The van der Waals surface area contributed by atoms with Gasteiger partial charge < -0.3 is 15.4 Å². The van der Waals surface area contributed by atoms with Crippen LogP contribution >= 0.6 is 0 Å². The second-order valence-corrected chi connectivity index (χ2v) is 12.2. The zero-order valence-electron chi connectivity index (χ0n) is 23.9. The molecule has 0 spiro atoms. The molecule has 0 radical (unpaired) electrons. The fourth-order valence-corrected chi connectivity index (χ4v) is 7.67. The van der Waals surface area contributed by atoms with Gasteiger partial charge in [0, 0.05) is 43.7 Å². The first-order valence-corrected chi connectivity index (χ1v) is 15.0. The smallest absolute Gasteiger partial charge is 0.244 e. The lowest BCUT2D eigenvalue weighted by Crippen LogP contribution is -2.38. The van der Waals surface area contributed by atoms with E-state index in [2.05, 4.69) is 60.1 Å². The van der Waals surface area contributed by atoms with E-state index in [4.69, 9.17) is 10.5 Å². The molecule has 5 nitrogen and oxygen atoms in total. The van der Waals surface area contributed by atoms with E-state index in [-0.39, 0.29) is 11.7 Å². The van der Waals surface area contributed by atoms with Crippen LogP contribution in [0.15, 0.2) is 65.8 Å². The molecule has 2 aromatic carbocycles. The van der Waals surface area contributed by atoms with Crippen LogP contribution < -0.4 is 10.6 Å². The number of benzene rings is 2. The lowest BCUT2D eigenvalue weighted by molar-refractivity contribution is -0.114. The van der Waals surface area contributed by atoms with Crippen molar-refractivity contribution in [3.8, 4) is 0 Å². The molecule has 6 heteroatoms. The monoisotopic (exact) mass is 543 g/mol. The molecule has 3 fully saturated rings. The highest BCUT2D eigenvalue weighted by atomic mass is 19.1. The summed E-state index contributed by atoms with van der Waals surface area (Å²) in [4.78, 5) is 17.0. The summed E-state index contributed by atoms with van der Waals surface area (Å²) in [5.41, 5.74) is 11.7. The Morgan fingerprint density at radius 2 is 1.70 bits per heavy atom. The van der Waals surface area contributed by atoms with Crippen molar-refractivity contribution in [1.82, 2.24) is 4.90 Å². The van der Waals surface area contributed by atoms with Crippen molar-refractivity contribution in [1.29, 1.82) is 0 Å². The Labute approximate surface area is 237 Å². The molecular formula is C34H42FN3O2. The Hall–Kier alpha value is -2.96. The van der Waals surface area contributed by atoms with Crippen molar-refractivity contribution >= 4 is 11.6 Å². The number of hydrogen-bond donors (Lipinski definition) is 1. The zero-order chi connectivity index (χ0) is 27.9. The van der Waals surface area contributed by atoms with Crippen LogP contribution in [0.4, 0.5) is 10.1 Å². The molecule has 1 amide bonds. The molecule has 2 heterocycles. The van der Waals surface area contributed by atoms with Crippen LogP contribution in [0, 0.1) is 23.6 Å². The second-order valence-electron chi connectivity index (χ2n) is 12.2. The molecule has 3 unspecified atom stereocenters. The molecule has 2 aliphatic heterocycles. The van der Waals surface area contributed by atoms with E-state index in [9.17, 15) is 4.79 Å². The molecular weight excluding hydrogens is 501 g/mol. The molecule has 2 aliphatic carbocycles. The maximum Gasteiger partial charge on any atom is 0.244 e. The number of anilines is 1. The van der Waals surface area contributed by atoms with Crippen molar-refractivity contribution in [3.63, 3.8) is 0 Å². The molecule has 212 valence electrons. The normalized spacial score (nSPS) is 28.2. The molecule has 40 heavy (non-hydrogen) atoms. The largest absolute Gasteiger partial charge is 0.378 e. The third-order valence-corrected chi connectivity index (χ3v) is 10.0. The van der Waals surface area contributed by atoms with Gasteiger partial charge in [0.2, 0.25) is 5.91 Å². The third-order valence-electron chi connectivity index (χ3n) is 10.0. The minimum atomic E-state index is -0.409. The quantitative estimate of drug-likeness (QED) is 0.461. The Morgan fingerprint density at radius 3 is 2.33 bits per heavy atom. The van der Waals surface area contributed by atoms with Gasteiger partial charge in [0.1, 0.15) is 5.82 Å². The van der Waals surface area contributed by atoms with Crippen LogP contribution in [0.2, 0.25) is 0 Å². The first kappa shape index (κ1) is 27.2. The van der Waals surface area contributed by atoms with Crippen LogP contribution in [0.1, 0.15) is 49.8 Å². The number of morpholine rings is 1. The van der Waals surface area contributed by atoms with E-state index in [1.54, 1.807) is 6.07 Å². The van der Waals surface area contributed by atoms with Gasteiger partial charge in [-0.05, 0) is 72.3 Å². The summed E-state index contributed by atoms with van der Waals surface area (Å²) in [7, 11) is 0. The Morgan fingerprint density at radius 1 is 1.00 bits per heavy atom. The lowest BCUT2D eigenvalue weighted by Gasteiger charge is -2.41. The summed E-state index contributed by atoms with van der Waals surface area (Å²) in [5, 5.41) is 0. The first-order chi connectivity index (χ1) is 19.4. The Kier molecular flexibility index (Phi) is 7.58. The van der Waals surface area contributed by atoms with E-state index in [0.717, 1.165) is 44.5 Å². The van der Waals surface area contributed by atoms with Gasteiger partial charge in [0.05, 0.1) is 18.9 Å². The molecule has 1 saturated carbocycles. The number of amides is 1. The third kappa shape index (κ3) is 5.12. The number of allylic oxidation sites excluding steroid dienone is 3. The number of carbonyl (C=O) groups excluding carboxylic acids is 1. The van der Waals surface area contributed by atoms with Crippen LogP contribution in [-0.4, -0.2) is 50.2 Å². The van der Waals surface area contributed by atoms with Crippen molar-refractivity contribution in [2.24, 2.45) is 23.5 Å². The molecule has 4 aliphatic rings. The SMILES string of the molecule is CCC1=CC=C(C(N)=O)CC1(CC1C2CN(Cc3ccc(CC)cc3)CC21)c1ccc(N2CCOCC2)c(F)c1. The summed E-state index contributed by atoms with van der Waals surface area (Å²) in [6.07, 6.45) is 7.37. The topological polar surface area (TPSA) is 58.8 Å². The van der Waals surface area contributed by atoms with Gasteiger partial charge in [-0.15, -0.1) is 0 Å². The average Bonchev–Trinajstić information content (AvgIpc) is 3.40. The minimum Gasteiger partial charge on any atom is -0.378 e. The number of aryl methyl sites for hydroxylation is 1. The number of primary amides is 1. The molecule has 3 atom stereocenters. The maximum atomic E-state index is 15.7. The average molecular weight is 544 g/mol. The maximum absolute atomic E-state index is 15.7. The van der Waals surface area contributed by atoms with E-state index >= 15 is 4.39 Å². The predicted octanol–water partition coefficient (Wildman–Crippen LogP) is 5.38. The Bertz CT molecular complexity index is 1300. The molecule has 2 aromatic rings. The summed E-state index contributed by atoms with van der Waals surface area (Å²) < 4.78 is 21.2. The van der Waals surface area contributed by atoms with Gasteiger partial charge >= 0.3 is 0 Å². The number of likely N-dealkylation sites (tertiary alicyclic amines) is 1. The van der Waals surface area contributed by atoms with Gasteiger partial charge in [-0.2, -0.15) is 0 Å². The van der Waals surface area contributed by atoms with Crippen LogP contribution in [-0.2, 0) is 27.9 Å². The summed E-state index contributed by atoms with van der Waals surface area (Å²) in [5.74, 6) is 1.32. The number of ether oxygens (including phenoxy) is 1. The van der Waals surface area contributed by atoms with Crippen molar-refractivity contribution < 1.29 is 13.9 Å². The van der Waals surface area contributed by atoms with Gasteiger partial charge in [-0.25, -0.2) is 4.39 Å². The number of nitrogens with zero attached hydrogens (tertiary/aromatic N) is 2. The number of hydrogen-bond acceptors (Lipinski definition) is 4. The number of halogens is 1. The summed E-state index contributed by atoms with van der Waals surface area (Å²) >= 11 is 0. The highest BCUT2D eigenvalue weighted by molar-refractivity contribution is 5.93. The lowest BCUT2D eigenvalue weighted by atomic mass is 9.63. The number of nitrogens with two attached hydrogens (primary N) is 1. The molecule has 6 rings (SSSR count). The fourth-order valence-electron chi connectivity index (χ4n) is 7.67. The standard InChI is InChI=1S/C34H42FN3O2/c1-3-23-5-7-24(8-6-23)20-37-21-29-28(30(29)22-37)19-34(18-25(33(36)39)9-10-26(34)4-2)27-11-12-32(31(35)17-27)38-13-15-40-16-14-38/h5-12,17,28-30H,3-4,13-16,18-22H2,1-2H3,(H2,36,39). The minimum absolute atomic E-state index is 0.194. The summed E-state index contributed by atoms with van der Waals surface area (Å²) in [6.45, 7) is 10.2. The van der Waals surface area contributed by atoms with E-state index in [1.807, 2.05) is 12.1 Å². The molecule has 0 aromatic heterocycles. The molecule has 2 saturated heterocycles. The van der Waals surface area contributed by atoms with Crippen LogP contribution in [0.25, 0.3) is 0 Å². The number of fused-ring (bicyclic) bond motifs is 1. The zero-order valence-corrected chi connectivity index (χ0v) is 23.9. The van der Waals surface area contributed by atoms with Gasteiger partial charge in [-0.1, -0.05) is 61.9 Å². The van der Waals surface area contributed by atoms with E-state index in [0.29, 0.717) is 61.7 Å². The Balaban J connectivity index is 1.23. The fraction of sp³-hybridized carbons (Fsp3) is 0.500. The van der Waals surface area contributed by atoms with Crippen LogP contribution in [0.5, 0.6) is 0 Å². The van der Waals surface area contributed by atoms with E-state index in [1.165, 1.54) is 16.7 Å². The molecule has 2 N–H and O–H groups in total. The van der Waals surface area contributed by atoms with Crippen molar-refractivity contribution in [2.75, 3.05) is 44.3 Å². The van der Waals surface area contributed by atoms with Crippen molar-refractivity contribution in [3.05, 3.63) is 88.3 Å². The summed E-state index contributed by atoms with van der Waals surface area (Å²) in [6, 6.07) is 14.8.